The topological polar surface area (TPSA) is 105 Å². The molecule has 8 heteroatoms. The van der Waals surface area contributed by atoms with Crippen LogP contribution >= 0.6 is 11.7 Å². The summed E-state index contributed by atoms with van der Waals surface area (Å²) in [6.45, 7) is 0.101. The Hall–Kier alpha value is -2.22. The fraction of sp³-hybridized carbons (Fsp3) is 0.111. The highest BCUT2D eigenvalue weighted by Crippen LogP contribution is 2.07. The van der Waals surface area contributed by atoms with Gasteiger partial charge in [0.25, 0.3) is 5.91 Å². The molecule has 0 spiro atoms. The van der Waals surface area contributed by atoms with Gasteiger partial charge in [-0.05, 0) is 12.1 Å². The summed E-state index contributed by atoms with van der Waals surface area (Å²) < 4.78 is 12.4. The van der Waals surface area contributed by atoms with Crippen LogP contribution in [0.3, 0.4) is 0 Å². The molecule has 0 aliphatic rings. The molecule has 0 aliphatic heterocycles. The number of amides is 1. The van der Waals surface area contributed by atoms with Gasteiger partial charge in [0.15, 0.2) is 5.69 Å². The molecule has 1 amide bonds. The van der Waals surface area contributed by atoms with Gasteiger partial charge in [0.1, 0.15) is 5.76 Å². The van der Waals surface area contributed by atoms with E-state index in [1.54, 1.807) is 0 Å². The summed E-state index contributed by atoms with van der Waals surface area (Å²) in [4.78, 5) is 22.0. The van der Waals surface area contributed by atoms with E-state index in [9.17, 15) is 9.59 Å². The molecule has 0 radical (unpaired) electrons. The monoisotopic (exact) mass is 253 g/mol. The summed E-state index contributed by atoms with van der Waals surface area (Å²) in [6, 6.07) is 2.82. The van der Waals surface area contributed by atoms with E-state index >= 15 is 0 Å². The molecule has 0 atom stereocenters. The van der Waals surface area contributed by atoms with Crippen LogP contribution in [-0.2, 0) is 6.54 Å². The molecule has 2 aromatic heterocycles. The summed E-state index contributed by atoms with van der Waals surface area (Å²) >= 11 is 0.936. The molecule has 7 nitrogen and oxygen atoms in total. The number of nitrogens with one attached hydrogen (secondary N) is 1. The van der Waals surface area contributed by atoms with Gasteiger partial charge in [0, 0.05) is 0 Å². The number of furan rings is 1. The summed E-state index contributed by atoms with van der Waals surface area (Å²) in [6.07, 6.45) is 1.35. The first kappa shape index (κ1) is 11.3. The molecule has 0 aromatic carbocycles. The van der Waals surface area contributed by atoms with Gasteiger partial charge < -0.3 is 14.8 Å². The number of nitrogens with zero attached hydrogens (tertiary/aromatic N) is 2. The standard InChI is InChI=1S/C9H7N3O4S/c13-8(6-4-11-17-12-6)10-3-5-1-2-7(16-5)9(14)15/h1-2,4H,3H2,(H,10,13)(H,14,15). The third kappa shape index (κ3) is 2.67. The minimum Gasteiger partial charge on any atom is -0.475 e. The normalized spacial score (nSPS) is 10.1. The second-order valence-corrected chi connectivity index (χ2v) is 3.60. The van der Waals surface area contributed by atoms with Crippen molar-refractivity contribution in [3.63, 3.8) is 0 Å². The predicted molar refractivity (Wildman–Crippen MR) is 56.7 cm³/mol. The van der Waals surface area contributed by atoms with Crippen molar-refractivity contribution in [1.82, 2.24) is 14.1 Å². The maximum Gasteiger partial charge on any atom is 0.371 e. The average Bonchev–Trinajstić information content (AvgIpc) is 2.97. The average molecular weight is 253 g/mol. The van der Waals surface area contributed by atoms with Crippen LogP contribution < -0.4 is 5.32 Å². The quantitative estimate of drug-likeness (QED) is 0.833. The molecule has 17 heavy (non-hydrogen) atoms. The first-order valence-corrected chi connectivity index (χ1v) is 5.27. The lowest BCUT2D eigenvalue weighted by Crippen LogP contribution is -2.22. The Labute approximate surface area is 99.4 Å². The van der Waals surface area contributed by atoms with Crippen molar-refractivity contribution in [2.24, 2.45) is 0 Å². The molecule has 2 N–H and O–H groups in total. The minimum atomic E-state index is -1.15. The third-order valence-corrected chi connectivity index (χ3v) is 2.37. The van der Waals surface area contributed by atoms with Crippen LogP contribution in [0.1, 0.15) is 26.8 Å². The second kappa shape index (κ2) is 4.74. The number of carboxylic acids is 1. The summed E-state index contributed by atoms with van der Waals surface area (Å²) in [5, 5.41) is 11.2. The van der Waals surface area contributed by atoms with E-state index in [1.165, 1.54) is 18.3 Å². The van der Waals surface area contributed by atoms with E-state index in [0.717, 1.165) is 11.7 Å². The number of rotatable bonds is 4. The Morgan fingerprint density at radius 3 is 2.88 bits per heavy atom. The molecule has 0 fully saturated rings. The van der Waals surface area contributed by atoms with E-state index in [4.69, 9.17) is 9.52 Å². The smallest absolute Gasteiger partial charge is 0.371 e. The van der Waals surface area contributed by atoms with Gasteiger partial charge in [0.05, 0.1) is 24.5 Å². The Kier molecular flexibility index (Phi) is 3.15. The number of aromatic carboxylic acids is 1. The minimum absolute atomic E-state index is 0.101. The summed E-state index contributed by atoms with van der Waals surface area (Å²) in [7, 11) is 0. The Balaban J connectivity index is 1.93. The highest BCUT2D eigenvalue weighted by molar-refractivity contribution is 6.99. The number of hydrogen-bond donors (Lipinski definition) is 2. The molecule has 2 rings (SSSR count). The lowest BCUT2D eigenvalue weighted by Gasteiger charge is -1.99. The van der Waals surface area contributed by atoms with Gasteiger partial charge in [-0.25, -0.2) is 4.79 Å². The van der Waals surface area contributed by atoms with Gasteiger partial charge >= 0.3 is 5.97 Å². The number of hydrogen-bond acceptors (Lipinski definition) is 6. The lowest BCUT2D eigenvalue weighted by atomic mass is 10.4. The molecule has 2 aromatic rings. The number of aromatic nitrogens is 2. The van der Waals surface area contributed by atoms with E-state index in [1.807, 2.05) is 0 Å². The molecule has 0 aliphatic carbocycles. The zero-order valence-corrected chi connectivity index (χ0v) is 9.23. The SMILES string of the molecule is O=C(NCc1ccc(C(=O)O)o1)c1cnsn1. The predicted octanol–water partition coefficient (Wildman–Crippen LogP) is 0.759. The zero-order valence-electron chi connectivity index (χ0n) is 8.41. The van der Waals surface area contributed by atoms with Crippen LogP contribution in [0.15, 0.2) is 22.7 Å². The number of carboxylic acid groups (broad SMARTS) is 1. The van der Waals surface area contributed by atoms with Crippen molar-refractivity contribution in [1.29, 1.82) is 0 Å². The van der Waals surface area contributed by atoms with Crippen LogP contribution in [0.4, 0.5) is 0 Å². The van der Waals surface area contributed by atoms with Crippen molar-refractivity contribution in [3.05, 3.63) is 35.5 Å². The van der Waals surface area contributed by atoms with E-state index in [0.29, 0.717) is 5.76 Å². The van der Waals surface area contributed by atoms with Crippen molar-refractivity contribution < 1.29 is 19.1 Å². The largest absolute Gasteiger partial charge is 0.475 e. The lowest BCUT2D eigenvalue weighted by molar-refractivity contribution is 0.0660. The Morgan fingerprint density at radius 1 is 1.47 bits per heavy atom. The van der Waals surface area contributed by atoms with Gasteiger partial charge in [-0.3, -0.25) is 4.79 Å². The van der Waals surface area contributed by atoms with Crippen LogP contribution in [0, 0.1) is 0 Å². The Bertz CT molecular complexity index is 534. The van der Waals surface area contributed by atoms with Gasteiger partial charge in [0.2, 0.25) is 5.76 Å². The molecule has 0 bridgehead atoms. The van der Waals surface area contributed by atoms with Crippen molar-refractivity contribution in [2.45, 2.75) is 6.54 Å². The van der Waals surface area contributed by atoms with Crippen molar-refractivity contribution in [3.8, 4) is 0 Å². The highest BCUT2D eigenvalue weighted by atomic mass is 32.1. The summed E-state index contributed by atoms with van der Waals surface area (Å²) in [5.74, 6) is -1.33. The molecule has 0 saturated heterocycles. The van der Waals surface area contributed by atoms with Crippen LogP contribution in [-0.4, -0.2) is 25.7 Å². The molecular weight excluding hydrogens is 246 g/mol. The fourth-order valence-corrected chi connectivity index (χ4v) is 1.52. The van der Waals surface area contributed by atoms with E-state index < -0.39 is 5.97 Å². The van der Waals surface area contributed by atoms with Crippen molar-refractivity contribution in [2.75, 3.05) is 0 Å². The van der Waals surface area contributed by atoms with Crippen molar-refractivity contribution >= 4 is 23.6 Å². The molecule has 2 heterocycles. The first-order chi connectivity index (χ1) is 8.16. The highest BCUT2D eigenvalue weighted by Gasteiger charge is 2.11. The summed E-state index contributed by atoms with van der Waals surface area (Å²) in [5.41, 5.74) is 0.222. The second-order valence-electron chi connectivity index (χ2n) is 3.05. The zero-order chi connectivity index (χ0) is 12.3. The third-order valence-electron chi connectivity index (χ3n) is 1.89. The molecule has 0 saturated carbocycles. The fourth-order valence-electron chi connectivity index (χ4n) is 1.11. The van der Waals surface area contributed by atoms with Gasteiger partial charge in [-0.15, -0.1) is 0 Å². The van der Waals surface area contributed by atoms with E-state index in [-0.39, 0.29) is 23.9 Å². The van der Waals surface area contributed by atoms with Gasteiger partial charge in [-0.2, -0.15) is 8.75 Å². The Morgan fingerprint density at radius 2 is 2.29 bits per heavy atom. The maximum atomic E-state index is 11.5. The van der Waals surface area contributed by atoms with Crippen LogP contribution in [0.5, 0.6) is 0 Å². The molecule has 0 unspecified atom stereocenters. The van der Waals surface area contributed by atoms with E-state index in [2.05, 4.69) is 14.1 Å². The number of carbonyl (C=O) groups is 2. The van der Waals surface area contributed by atoms with Crippen LogP contribution in [0.25, 0.3) is 0 Å². The van der Waals surface area contributed by atoms with Gasteiger partial charge in [-0.1, -0.05) is 0 Å². The molecular formula is C9H7N3O4S. The molecule has 88 valence electrons. The van der Waals surface area contributed by atoms with Crippen LogP contribution in [0.2, 0.25) is 0 Å². The first-order valence-electron chi connectivity index (χ1n) is 4.54. The number of carbonyl (C=O) groups excluding carboxylic acids is 1. The maximum absolute atomic E-state index is 11.5.